The average Bonchev–Trinajstić information content (AvgIpc) is 2.24. The molecule has 90 valence electrons. The molecular weight excluding hydrogens is 334 g/mol. The van der Waals surface area contributed by atoms with Crippen LogP contribution in [0.3, 0.4) is 0 Å². The molecule has 0 saturated carbocycles. The first kappa shape index (κ1) is 14.2. The zero-order valence-corrected chi connectivity index (χ0v) is 12.8. The molecule has 0 aliphatic rings. The normalized spacial score (nSPS) is 12.8. The maximum atomic E-state index is 5.44. The van der Waals surface area contributed by atoms with Gasteiger partial charge in [-0.3, -0.25) is 0 Å². The SMILES string of the molecule is CCOC(C)CNCc1ccc(Br)c(Br)c1. The Hall–Kier alpha value is 0.1000. The van der Waals surface area contributed by atoms with Gasteiger partial charge >= 0.3 is 0 Å². The third kappa shape index (κ3) is 4.95. The quantitative estimate of drug-likeness (QED) is 0.844. The van der Waals surface area contributed by atoms with Crippen molar-refractivity contribution in [2.24, 2.45) is 0 Å². The van der Waals surface area contributed by atoms with Crippen molar-refractivity contribution in [3.05, 3.63) is 32.7 Å². The predicted molar refractivity (Wildman–Crippen MR) is 74.6 cm³/mol. The molecule has 0 fully saturated rings. The molecule has 1 aromatic rings. The average molecular weight is 351 g/mol. The molecule has 0 bridgehead atoms. The van der Waals surface area contributed by atoms with Crippen LogP contribution in [0.5, 0.6) is 0 Å². The lowest BCUT2D eigenvalue weighted by atomic mass is 10.2. The van der Waals surface area contributed by atoms with E-state index in [1.165, 1.54) is 5.56 Å². The van der Waals surface area contributed by atoms with Gasteiger partial charge in [0.25, 0.3) is 0 Å². The number of hydrogen-bond acceptors (Lipinski definition) is 2. The van der Waals surface area contributed by atoms with Gasteiger partial charge in [-0.2, -0.15) is 0 Å². The van der Waals surface area contributed by atoms with Crippen molar-refractivity contribution in [1.29, 1.82) is 0 Å². The van der Waals surface area contributed by atoms with E-state index < -0.39 is 0 Å². The van der Waals surface area contributed by atoms with E-state index in [4.69, 9.17) is 4.74 Å². The van der Waals surface area contributed by atoms with Gasteiger partial charge in [0, 0.05) is 28.6 Å². The minimum absolute atomic E-state index is 0.267. The van der Waals surface area contributed by atoms with E-state index in [1.807, 2.05) is 13.0 Å². The summed E-state index contributed by atoms with van der Waals surface area (Å²) in [6, 6.07) is 6.27. The molecule has 16 heavy (non-hydrogen) atoms. The monoisotopic (exact) mass is 349 g/mol. The number of halogens is 2. The van der Waals surface area contributed by atoms with Crippen molar-refractivity contribution in [3.8, 4) is 0 Å². The minimum Gasteiger partial charge on any atom is -0.377 e. The van der Waals surface area contributed by atoms with Gasteiger partial charge in [-0.05, 0) is 63.4 Å². The van der Waals surface area contributed by atoms with E-state index in [9.17, 15) is 0 Å². The van der Waals surface area contributed by atoms with Crippen LogP contribution in [-0.4, -0.2) is 19.3 Å². The van der Waals surface area contributed by atoms with Crippen molar-refractivity contribution >= 4 is 31.9 Å². The molecule has 0 aliphatic heterocycles. The lowest BCUT2D eigenvalue weighted by molar-refractivity contribution is 0.0759. The highest BCUT2D eigenvalue weighted by Crippen LogP contribution is 2.23. The summed E-state index contributed by atoms with van der Waals surface area (Å²) >= 11 is 6.95. The minimum atomic E-state index is 0.267. The molecule has 1 rings (SSSR count). The summed E-state index contributed by atoms with van der Waals surface area (Å²) in [7, 11) is 0. The Balaban J connectivity index is 2.34. The third-order valence-electron chi connectivity index (χ3n) is 2.20. The van der Waals surface area contributed by atoms with Gasteiger partial charge in [0.2, 0.25) is 0 Å². The first-order chi connectivity index (χ1) is 7.63. The fourth-order valence-electron chi connectivity index (χ4n) is 1.41. The Labute approximate surface area is 114 Å². The first-order valence-corrected chi connectivity index (χ1v) is 6.98. The smallest absolute Gasteiger partial charge is 0.0671 e. The fourth-order valence-corrected chi connectivity index (χ4v) is 2.09. The van der Waals surface area contributed by atoms with Crippen LogP contribution in [-0.2, 0) is 11.3 Å². The summed E-state index contributed by atoms with van der Waals surface area (Å²) in [5.74, 6) is 0. The van der Waals surface area contributed by atoms with Gasteiger partial charge in [-0.15, -0.1) is 0 Å². The van der Waals surface area contributed by atoms with Gasteiger partial charge in [-0.1, -0.05) is 6.07 Å². The van der Waals surface area contributed by atoms with Crippen LogP contribution in [0.15, 0.2) is 27.1 Å². The summed E-state index contributed by atoms with van der Waals surface area (Å²) in [4.78, 5) is 0. The summed E-state index contributed by atoms with van der Waals surface area (Å²) in [5.41, 5.74) is 1.26. The van der Waals surface area contributed by atoms with Crippen molar-refractivity contribution in [3.63, 3.8) is 0 Å². The van der Waals surface area contributed by atoms with Gasteiger partial charge in [0.05, 0.1) is 6.10 Å². The molecule has 1 aromatic carbocycles. The molecule has 2 nitrogen and oxygen atoms in total. The van der Waals surface area contributed by atoms with E-state index in [2.05, 4.69) is 56.2 Å². The van der Waals surface area contributed by atoms with Gasteiger partial charge in [0.15, 0.2) is 0 Å². The third-order valence-corrected chi connectivity index (χ3v) is 4.08. The van der Waals surface area contributed by atoms with Gasteiger partial charge < -0.3 is 10.1 Å². The van der Waals surface area contributed by atoms with Crippen LogP contribution in [0.1, 0.15) is 19.4 Å². The van der Waals surface area contributed by atoms with E-state index in [0.717, 1.165) is 28.6 Å². The second-order valence-corrected chi connectivity index (χ2v) is 5.35. The van der Waals surface area contributed by atoms with E-state index in [-0.39, 0.29) is 6.10 Å². The van der Waals surface area contributed by atoms with Crippen LogP contribution in [0.2, 0.25) is 0 Å². The Morgan fingerprint density at radius 3 is 2.69 bits per heavy atom. The van der Waals surface area contributed by atoms with Crippen LogP contribution in [0.25, 0.3) is 0 Å². The highest BCUT2D eigenvalue weighted by Gasteiger charge is 2.01. The van der Waals surface area contributed by atoms with E-state index >= 15 is 0 Å². The number of ether oxygens (including phenoxy) is 1. The zero-order chi connectivity index (χ0) is 12.0. The number of hydrogen-bond donors (Lipinski definition) is 1. The van der Waals surface area contributed by atoms with Crippen molar-refractivity contribution in [2.45, 2.75) is 26.5 Å². The van der Waals surface area contributed by atoms with Gasteiger partial charge in [0.1, 0.15) is 0 Å². The second kappa shape index (κ2) is 7.43. The zero-order valence-electron chi connectivity index (χ0n) is 9.59. The first-order valence-electron chi connectivity index (χ1n) is 5.39. The number of nitrogens with one attached hydrogen (secondary N) is 1. The summed E-state index contributed by atoms with van der Waals surface area (Å²) < 4.78 is 7.61. The Kier molecular flexibility index (Phi) is 6.58. The molecule has 1 N–H and O–H groups in total. The largest absolute Gasteiger partial charge is 0.377 e. The maximum Gasteiger partial charge on any atom is 0.0671 e. The Morgan fingerprint density at radius 1 is 1.31 bits per heavy atom. The molecule has 0 saturated heterocycles. The number of rotatable bonds is 6. The molecule has 1 atom stereocenters. The summed E-state index contributed by atoms with van der Waals surface area (Å²) in [6.45, 7) is 6.60. The van der Waals surface area contributed by atoms with Crippen LogP contribution >= 0.6 is 31.9 Å². The summed E-state index contributed by atoms with van der Waals surface area (Å²) in [5, 5.41) is 3.37. The summed E-state index contributed by atoms with van der Waals surface area (Å²) in [6.07, 6.45) is 0.267. The van der Waals surface area contributed by atoms with Crippen molar-refractivity contribution < 1.29 is 4.74 Å². The Bertz CT molecular complexity index is 331. The van der Waals surface area contributed by atoms with Crippen LogP contribution in [0, 0.1) is 0 Å². The van der Waals surface area contributed by atoms with E-state index in [0.29, 0.717) is 0 Å². The molecule has 0 heterocycles. The van der Waals surface area contributed by atoms with Crippen molar-refractivity contribution in [2.75, 3.05) is 13.2 Å². The highest BCUT2D eigenvalue weighted by atomic mass is 79.9. The molecule has 1 unspecified atom stereocenters. The topological polar surface area (TPSA) is 21.3 Å². The lowest BCUT2D eigenvalue weighted by Gasteiger charge is -2.12. The number of benzene rings is 1. The molecule has 0 radical (unpaired) electrons. The molecular formula is C12H17Br2NO. The van der Waals surface area contributed by atoms with Crippen LogP contribution < -0.4 is 5.32 Å². The maximum absolute atomic E-state index is 5.44. The second-order valence-electron chi connectivity index (χ2n) is 3.65. The van der Waals surface area contributed by atoms with Crippen molar-refractivity contribution in [1.82, 2.24) is 5.32 Å². The molecule has 0 aliphatic carbocycles. The highest BCUT2D eigenvalue weighted by molar-refractivity contribution is 9.13. The van der Waals surface area contributed by atoms with E-state index in [1.54, 1.807) is 0 Å². The standard InChI is InChI=1S/C12H17Br2NO/c1-3-16-9(2)7-15-8-10-4-5-11(13)12(14)6-10/h4-6,9,15H,3,7-8H2,1-2H3. The van der Waals surface area contributed by atoms with Gasteiger partial charge in [-0.25, -0.2) is 0 Å². The molecule has 0 spiro atoms. The molecule has 0 aromatic heterocycles. The fraction of sp³-hybridized carbons (Fsp3) is 0.500. The Morgan fingerprint density at radius 2 is 2.06 bits per heavy atom. The van der Waals surface area contributed by atoms with Crippen LogP contribution in [0.4, 0.5) is 0 Å². The predicted octanol–water partition coefficient (Wildman–Crippen LogP) is 3.73. The molecule has 4 heteroatoms. The lowest BCUT2D eigenvalue weighted by Crippen LogP contribution is -2.26. The molecule has 0 amide bonds.